The summed E-state index contributed by atoms with van der Waals surface area (Å²) in [7, 11) is 2.00. The Labute approximate surface area is 112 Å². The van der Waals surface area contributed by atoms with E-state index in [2.05, 4.69) is 16.5 Å². The standard InChI is InChI=1S/C15H16N4/c1-17-14-3-2-4-15-13(14)10-18-19(15)12-7-5-11(9-16)6-8-12/h5-8,10,14,17H,2-4H2,1H3. The van der Waals surface area contributed by atoms with E-state index < -0.39 is 0 Å². The maximum atomic E-state index is 8.84. The van der Waals surface area contributed by atoms with Crippen molar-refractivity contribution in [2.45, 2.75) is 25.3 Å². The van der Waals surface area contributed by atoms with Gasteiger partial charge in [-0.25, -0.2) is 4.68 Å². The molecule has 0 saturated carbocycles. The lowest BCUT2D eigenvalue weighted by molar-refractivity contribution is 0.490. The minimum absolute atomic E-state index is 0.413. The van der Waals surface area contributed by atoms with E-state index in [1.165, 1.54) is 24.1 Å². The van der Waals surface area contributed by atoms with Crippen LogP contribution in [0.5, 0.6) is 0 Å². The molecule has 4 heteroatoms. The second-order valence-electron chi connectivity index (χ2n) is 4.85. The molecule has 0 aliphatic heterocycles. The molecule has 96 valence electrons. The SMILES string of the molecule is CNC1CCCc2c1cnn2-c1ccc(C#N)cc1. The van der Waals surface area contributed by atoms with Gasteiger partial charge in [-0.15, -0.1) is 0 Å². The Kier molecular flexibility index (Phi) is 3.06. The topological polar surface area (TPSA) is 53.6 Å². The molecule has 1 atom stereocenters. The molecule has 1 aromatic carbocycles. The number of nitrogens with zero attached hydrogens (tertiary/aromatic N) is 3. The van der Waals surface area contributed by atoms with Crippen LogP contribution in [0.15, 0.2) is 30.5 Å². The normalized spacial score (nSPS) is 17.8. The molecular formula is C15H16N4. The first-order valence-electron chi connectivity index (χ1n) is 6.58. The van der Waals surface area contributed by atoms with Gasteiger partial charge in [-0.3, -0.25) is 0 Å². The number of aromatic nitrogens is 2. The summed E-state index contributed by atoms with van der Waals surface area (Å²) in [5.41, 5.74) is 4.29. The Bertz CT molecular complexity index is 619. The van der Waals surface area contributed by atoms with Crippen LogP contribution in [-0.4, -0.2) is 16.8 Å². The number of benzene rings is 1. The zero-order valence-electron chi connectivity index (χ0n) is 10.9. The van der Waals surface area contributed by atoms with Crippen LogP contribution < -0.4 is 5.32 Å². The first-order chi connectivity index (χ1) is 9.33. The fourth-order valence-electron chi connectivity index (χ4n) is 2.76. The monoisotopic (exact) mass is 252 g/mol. The minimum atomic E-state index is 0.413. The van der Waals surface area contributed by atoms with E-state index in [0.29, 0.717) is 11.6 Å². The van der Waals surface area contributed by atoms with E-state index in [1.54, 1.807) is 0 Å². The lowest BCUT2D eigenvalue weighted by Crippen LogP contribution is -2.21. The molecule has 0 fully saturated rings. The quantitative estimate of drug-likeness (QED) is 0.892. The minimum Gasteiger partial charge on any atom is -0.313 e. The molecule has 0 bridgehead atoms. The van der Waals surface area contributed by atoms with Gasteiger partial charge in [0.15, 0.2) is 0 Å². The maximum Gasteiger partial charge on any atom is 0.0991 e. The molecule has 1 aliphatic carbocycles. The Morgan fingerprint density at radius 3 is 2.84 bits per heavy atom. The highest BCUT2D eigenvalue weighted by atomic mass is 15.3. The van der Waals surface area contributed by atoms with Crippen LogP contribution in [0, 0.1) is 11.3 Å². The molecule has 2 aromatic rings. The van der Waals surface area contributed by atoms with E-state index in [9.17, 15) is 0 Å². The average Bonchev–Trinajstić information content (AvgIpc) is 2.91. The number of nitrogens with one attached hydrogen (secondary N) is 1. The van der Waals surface area contributed by atoms with Gasteiger partial charge >= 0.3 is 0 Å². The Morgan fingerprint density at radius 2 is 2.16 bits per heavy atom. The third kappa shape index (κ3) is 2.02. The first-order valence-corrected chi connectivity index (χ1v) is 6.58. The molecule has 0 saturated heterocycles. The first kappa shape index (κ1) is 11.9. The van der Waals surface area contributed by atoms with Crippen molar-refractivity contribution in [1.82, 2.24) is 15.1 Å². The fourth-order valence-corrected chi connectivity index (χ4v) is 2.76. The Morgan fingerprint density at radius 1 is 1.37 bits per heavy atom. The van der Waals surface area contributed by atoms with E-state index in [0.717, 1.165) is 12.1 Å². The summed E-state index contributed by atoms with van der Waals surface area (Å²) >= 11 is 0. The molecular weight excluding hydrogens is 236 g/mol. The predicted octanol–water partition coefficient (Wildman–Crippen LogP) is 2.34. The summed E-state index contributed by atoms with van der Waals surface area (Å²) in [6.07, 6.45) is 5.38. The van der Waals surface area contributed by atoms with Gasteiger partial charge in [0.05, 0.1) is 23.5 Å². The zero-order chi connectivity index (χ0) is 13.2. The van der Waals surface area contributed by atoms with Gasteiger partial charge in [-0.1, -0.05) is 0 Å². The molecule has 4 nitrogen and oxygen atoms in total. The van der Waals surface area contributed by atoms with Crippen LogP contribution in [0.1, 0.15) is 35.7 Å². The molecule has 0 radical (unpaired) electrons. The molecule has 1 unspecified atom stereocenters. The van der Waals surface area contributed by atoms with Crippen LogP contribution in [-0.2, 0) is 6.42 Å². The smallest absolute Gasteiger partial charge is 0.0991 e. The zero-order valence-corrected chi connectivity index (χ0v) is 10.9. The summed E-state index contributed by atoms with van der Waals surface area (Å²) in [5, 5.41) is 16.7. The van der Waals surface area contributed by atoms with E-state index in [1.807, 2.05) is 42.2 Å². The summed E-state index contributed by atoms with van der Waals surface area (Å²) in [5.74, 6) is 0. The van der Waals surface area contributed by atoms with Crippen LogP contribution in [0.25, 0.3) is 5.69 Å². The van der Waals surface area contributed by atoms with Crippen LogP contribution in [0.3, 0.4) is 0 Å². The number of rotatable bonds is 2. The second-order valence-corrected chi connectivity index (χ2v) is 4.85. The summed E-state index contributed by atoms with van der Waals surface area (Å²) < 4.78 is 2.00. The molecule has 19 heavy (non-hydrogen) atoms. The highest BCUT2D eigenvalue weighted by Gasteiger charge is 2.23. The van der Waals surface area contributed by atoms with E-state index in [-0.39, 0.29) is 0 Å². The lowest BCUT2D eigenvalue weighted by atomic mass is 9.93. The van der Waals surface area contributed by atoms with Crippen molar-refractivity contribution < 1.29 is 0 Å². The molecule has 1 heterocycles. The van der Waals surface area contributed by atoms with Crippen molar-refractivity contribution in [3.8, 4) is 11.8 Å². The van der Waals surface area contributed by atoms with Gasteiger partial charge in [-0.2, -0.15) is 10.4 Å². The predicted molar refractivity (Wildman–Crippen MR) is 73.0 cm³/mol. The number of hydrogen-bond donors (Lipinski definition) is 1. The molecule has 1 aliphatic rings. The fraction of sp³-hybridized carbons (Fsp3) is 0.333. The summed E-state index contributed by atoms with van der Waals surface area (Å²) in [6.45, 7) is 0. The van der Waals surface area contributed by atoms with Crippen molar-refractivity contribution in [1.29, 1.82) is 5.26 Å². The van der Waals surface area contributed by atoms with Crippen molar-refractivity contribution in [3.63, 3.8) is 0 Å². The molecule has 1 N–H and O–H groups in total. The highest BCUT2D eigenvalue weighted by molar-refractivity contribution is 5.41. The molecule has 1 aromatic heterocycles. The van der Waals surface area contributed by atoms with Gasteiger partial charge in [0.2, 0.25) is 0 Å². The summed E-state index contributed by atoms with van der Waals surface area (Å²) in [4.78, 5) is 0. The van der Waals surface area contributed by atoms with Crippen molar-refractivity contribution in [3.05, 3.63) is 47.3 Å². The molecule has 0 spiro atoms. The van der Waals surface area contributed by atoms with Gasteiger partial charge in [0, 0.05) is 17.3 Å². The van der Waals surface area contributed by atoms with E-state index in [4.69, 9.17) is 5.26 Å². The van der Waals surface area contributed by atoms with Crippen LogP contribution in [0.2, 0.25) is 0 Å². The van der Waals surface area contributed by atoms with Gasteiger partial charge in [0.1, 0.15) is 0 Å². The highest BCUT2D eigenvalue weighted by Crippen LogP contribution is 2.30. The van der Waals surface area contributed by atoms with Gasteiger partial charge in [0.25, 0.3) is 0 Å². The van der Waals surface area contributed by atoms with Gasteiger partial charge < -0.3 is 5.32 Å². The average molecular weight is 252 g/mol. The largest absolute Gasteiger partial charge is 0.313 e. The third-order valence-corrected chi connectivity index (χ3v) is 3.77. The lowest BCUT2D eigenvalue weighted by Gasteiger charge is -2.22. The Hall–Kier alpha value is -2.12. The number of fused-ring (bicyclic) bond motifs is 1. The molecule has 0 amide bonds. The van der Waals surface area contributed by atoms with E-state index >= 15 is 0 Å². The maximum absolute atomic E-state index is 8.84. The van der Waals surface area contributed by atoms with Crippen molar-refractivity contribution in [2.24, 2.45) is 0 Å². The third-order valence-electron chi connectivity index (χ3n) is 3.77. The summed E-state index contributed by atoms with van der Waals surface area (Å²) in [6, 6.07) is 10.1. The van der Waals surface area contributed by atoms with Crippen LogP contribution >= 0.6 is 0 Å². The van der Waals surface area contributed by atoms with Crippen molar-refractivity contribution >= 4 is 0 Å². The second kappa shape index (κ2) is 4.87. The van der Waals surface area contributed by atoms with Crippen molar-refractivity contribution in [2.75, 3.05) is 7.05 Å². The van der Waals surface area contributed by atoms with Gasteiger partial charge in [-0.05, 0) is 50.6 Å². The number of hydrogen-bond acceptors (Lipinski definition) is 3. The number of nitriles is 1. The Balaban J connectivity index is 2.02. The molecule has 3 rings (SSSR count). The van der Waals surface area contributed by atoms with Crippen LogP contribution in [0.4, 0.5) is 0 Å².